The molecule has 0 aliphatic carbocycles. The summed E-state index contributed by atoms with van der Waals surface area (Å²) in [6.07, 6.45) is 1.03. The summed E-state index contributed by atoms with van der Waals surface area (Å²) in [7, 11) is -3.58. The molecule has 1 fully saturated rings. The minimum atomic E-state index is -3.58. The largest absolute Gasteiger partial charge is 0.480 e. The number of hydrogen-bond acceptors (Lipinski definition) is 4. The van der Waals surface area contributed by atoms with Crippen molar-refractivity contribution in [2.75, 3.05) is 13.1 Å². The molecule has 126 valence electrons. The molecule has 2 N–H and O–H groups in total. The molecule has 2 rings (SSSR count). The van der Waals surface area contributed by atoms with E-state index in [2.05, 4.69) is 4.72 Å². The van der Waals surface area contributed by atoms with Crippen LogP contribution in [0.5, 0.6) is 0 Å². The number of carbonyl (C=O) groups excluding carboxylic acids is 1. The quantitative estimate of drug-likeness (QED) is 0.834. The molecule has 0 spiro atoms. The van der Waals surface area contributed by atoms with Crippen molar-refractivity contribution in [1.29, 1.82) is 0 Å². The Morgan fingerprint density at radius 3 is 2.43 bits per heavy atom. The third-order valence-corrected chi connectivity index (χ3v) is 5.65. The molecule has 0 saturated carbocycles. The van der Waals surface area contributed by atoms with E-state index in [1.807, 2.05) is 0 Å². The lowest BCUT2D eigenvalue weighted by molar-refractivity contribution is -0.147. The first-order valence-electron chi connectivity index (χ1n) is 7.37. The number of nitrogens with zero attached hydrogens (tertiary/aromatic N) is 1. The van der Waals surface area contributed by atoms with Crippen LogP contribution in [0.1, 0.15) is 37.0 Å². The Balaban J connectivity index is 2.26. The first-order valence-corrected chi connectivity index (χ1v) is 8.86. The van der Waals surface area contributed by atoms with Crippen molar-refractivity contribution >= 4 is 21.9 Å². The highest BCUT2D eigenvalue weighted by atomic mass is 32.2. The van der Waals surface area contributed by atoms with Crippen LogP contribution in [-0.2, 0) is 14.8 Å². The van der Waals surface area contributed by atoms with Gasteiger partial charge in [0.05, 0.1) is 4.90 Å². The average molecular weight is 340 g/mol. The summed E-state index contributed by atoms with van der Waals surface area (Å²) in [4.78, 5) is 25.4. The number of carbonyl (C=O) groups is 2. The Kier molecular flexibility index (Phi) is 4.76. The average Bonchev–Trinajstić information content (AvgIpc) is 2.90. The van der Waals surface area contributed by atoms with Crippen molar-refractivity contribution in [1.82, 2.24) is 9.62 Å². The van der Waals surface area contributed by atoms with Gasteiger partial charge < -0.3 is 10.0 Å². The Morgan fingerprint density at radius 1 is 1.30 bits per heavy atom. The van der Waals surface area contributed by atoms with Gasteiger partial charge in [0, 0.05) is 18.7 Å². The molecule has 1 saturated heterocycles. The van der Waals surface area contributed by atoms with Crippen LogP contribution in [-0.4, -0.2) is 48.9 Å². The fraction of sp³-hybridized carbons (Fsp3) is 0.467. The fourth-order valence-corrected chi connectivity index (χ4v) is 3.76. The zero-order chi connectivity index (χ0) is 17.3. The number of benzene rings is 1. The van der Waals surface area contributed by atoms with Gasteiger partial charge in [0.1, 0.15) is 5.54 Å². The number of hydrogen-bond donors (Lipinski definition) is 2. The summed E-state index contributed by atoms with van der Waals surface area (Å²) in [5, 5.41) is 9.37. The van der Waals surface area contributed by atoms with Gasteiger partial charge in [-0.15, -0.1) is 0 Å². The third kappa shape index (κ3) is 3.23. The van der Waals surface area contributed by atoms with Crippen LogP contribution in [0, 0.1) is 0 Å². The molecule has 1 aromatic carbocycles. The lowest BCUT2D eigenvalue weighted by Gasteiger charge is -2.31. The number of carboxylic acids is 1. The van der Waals surface area contributed by atoms with E-state index >= 15 is 0 Å². The predicted octanol–water partition coefficient (Wildman–Crippen LogP) is 1.06. The number of sulfonamides is 1. The van der Waals surface area contributed by atoms with Crippen molar-refractivity contribution in [3.05, 3.63) is 29.8 Å². The van der Waals surface area contributed by atoms with E-state index in [0.717, 1.165) is 0 Å². The molecule has 1 aliphatic rings. The number of carboxylic acid groups (broad SMARTS) is 1. The van der Waals surface area contributed by atoms with Gasteiger partial charge in [-0.2, -0.15) is 0 Å². The standard InChI is InChI=1S/C15H20N2O5S/c1-3-16-23(21,22)12-7-5-11(6-8-12)13(18)17-10-4-9-15(17,2)14(19)20/h5-8,16H,3-4,9-10H2,1-2H3,(H,19,20). The van der Waals surface area contributed by atoms with Gasteiger partial charge in [0.15, 0.2) is 0 Å². The minimum Gasteiger partial charge on any atom is -0.480 e. The molecule has 23 heavy (non-hydrogen) atoms. The van der Waals surface area contributed by atoms with Crippen LogP contribution in [0.4, 0.5) is 0 Å². The van der Waals surface area contributed by atoms with Gasteiger partial charge in [-0.3, -0.25) is 4.79 Å². The third-order valence-electron chi connectivity index (χ3n) is 4.09. The smallest absolute Gasteiger partial charge is 0.329 e. The molecule has 8 heteroatoms. The molecule has 1 atom stereocenters. The minimum absolute atomic E-state index is 0.0679. The van der Waals surface area contributed by atoms with Crippen molar-refractivity contribution in [3.63, 3.8) is 0 Å². The second-order valence-electron chi connectivity index (χ2n) is 5.67. The van der Waals surface area contributed by atoms with E-state index < -0.39 is 27.4 Å². The summed E-state index contributed by atoms with van der Waals surface area (Å²) in [5.41, 5.74) is -0.944. The monoisotopic (exact) mass is 340 g/mol. The maximum Gasteiger partial charge on any atom is 0.329 e. The summed E-state index contributed by atoms with van der Waals surface area (Å²) >= 11 is 0. The number of nitrogens with one attached hydrogen (secondary N) is 1. The SMILES string of the molecule is CCNS(=O)(=O)c1ccc(C(=O)N2CCCC2(C)C(=O)O)cc1. The van der Waals surface area contributed by atoms with E-state index in [1.54, 1.807) is 6.92 Å². The zero-order valence-corrected chi connectivity index (χ0v) is 13.9. The molecule has 1 aromatic rings. The van der Waals surface area contributed by atoms with E-state index in [1.165, 1.54) is 36.1 Å². The van der Waals surface area contributed by atoms with Crippen molar-refractivity contribution in [2.24, 2.45) is 0 Å². The Labute approximate surface area is 135 Å². The fourth-order valence-electron chi connectivity index (χ4n) is 2.72. The molecule has 1 unspecified atom stereocenters. The molecule has 1 aliphatic heterocycles. The van der Waals surface area contributed by atoms with Gasteiger partial charge in [0.25, 0.3) is 5.91 Å². The lowest BCUT2D eigenvalue weighted by Crippen LogP contribution is -2.50. The second kappa shape index (κ2) is 6.29. The molecule has 0 aromatic heterocycles. The number of likely N-dealkylation sites (tertiary alicyclic amines) is 1. The van der Waals surface area contributed by atoms with Crippen LogP contribution < -0.4 is 4.72 Å². The number of aliphatic carboxylic acids is 1. The van der Waals surface area contributed by atoms with Gasteiger partial charge in [0.2, 0.25) is 10.0 Å². The summed E-state index contributed by atoms with van der Waals surface area (Å²) < 4.78 is 26.1. The van der Waals surface area contributed by atoms with Gasteiger partial charge in [-0.05, 0) is 44.0 Å². The van der Waals surface area contributed by atoms with Crippen LogP contribution in [0.25, 0.3) is 0 Å². The normalized spacial score (nSPS) is 21.4. The molecule has 1 heterocycles. The molecular weight excluding hydrogens is 320 g/mol. The van der Waals surface area contributed by atoms with Crippen LogP contribution in [0.15, 0.2) is 29.2 Å². The van der Waals surface area contributed by atoms with Crippen molar-refractivity contribution in [3.8, 4) is 0 Å². The molecular formula is C15H20N2O5S. The van der Waals surface area contributed by atoms with Gasteiger partial charge in [-0.1, -0.05) is 6.92 Å². The van der Waals surface area contributed by atoms with Crippen LogP contribution >= 0.6 is 0 Å². The first-order chi connectivity index (χ1) is 10.7. The molecule has 0 radical (unpaired) electrons. The Morgan fingerprint density at radius 2 is 1.91 bits per heavy atom. The van der Waals surface area contributed by atoms with E-state index in [-0.39, 0.29) is 17.0 Å². The predicted molar refractivity (Wildman–Crippen MR) is 83.6 cm³/mol. The van der Waals surface area contributed by atoms with Crippen LogP contribution in [0.2, 0.25) is 0 Å². The highest BCUT2D eigenvalue weighted by Crippen LogP contribution is 2.30. The number of amides is 1. The van der Waals surface area contributed by atoms with E-state index in [9.17, 15) is 23.1 Å². The highest BCUT2D eigenvalue weighted by Gasteiger charge is 2.46. The lowest BCUT2D eigenvalue weighted by atomic mass is 9.98. The summed E-state index contributed by atoms with van der Waals surface area (Å²) in [6, 6.07) is 5.51. The number of rotatable bonds is 5. The summed E-state index contributed by atoms with van der Waals surface area (Å²) in [5.74, 6) is -1.44. The van der Waals surface area contributed by atoms with Crippen molar-refractivity contribution < 1.29 is 23.1 Å². The maximum atomic E-state index is 12.6. The highest BCUT2D eigenvalue weighted by molar-refractivity contribution is 7.89. The first kappa shape index (κ1) is 17.4. The van der Waals surface area contributed by atoms with E-state index in [0.29, 0.717) is 19.4 Å². The van der Waals surface area contributed by atoms with Crippen LogP contribution in [0.3, 0.4) is 0 Å². The molecule has 0 bridgehead atoms. The van der Waals surface area contributed by atoms with Crippen molar-refractivity contribution in [2.45, 2.75) is 37.1 Å². The topological polar surface area (TPSA) is 104 Å². The molecule has 1 amide bonds. The van der Waals surface area contributed by atoms with Gasteiger partial charge >= 0.3 is 5.97 Å². The second-order valence-corrected chi connectivity index (χ2v) is 7.43. The Hall–Kier alpha value is -1.93. The zero-order valence-electron chi connectivity index (χ0n) is 13.1. The van der Waals surface area contributed by atoms with Gasteiger partial charge in [-0.25, -0.2) is 17.9 Å². The molecule has 7 nitrogen and oxygen atoms in total. The Bertz CT molecular complexity index is 714. The summed E-state index contributed by atoms with van der Waals surface area (Å²) in [6.45, 7) is 3.85. The van der Waals surface area contributed by atoms with E-state index in [4.69, 9.17) is 0 Å². The maximum absolute atomic E-state index is 12.6.